The van der Waals surface area contributed by atoms with Crippen LogP contribution < -0.4 is 0 Å². The zero-order valence-corrected chi connectivity index (χ0v) is 15.8. The molecule has 0 aromatic rings. The van der Waals surface area contributed by atoms with E-state index in [0.717, 1.165) is 19.3 Å². The van der Waals surface area contributed by atoms with E-state index in [4.69, 9.17) is 9.79 Å². The van der Waals surface area contributed by atoms with Gasteiger partial charge in [0.2, 0.25) is 0 Å². The molecule has 0 aliphatic rings. The zero-order valence-electron chi connectivity index (χ0n) is 14.9. The van der Waals surface area contributed by atoms with Crippen molar-refractivity contribution in [3.8, 4) is 0 Å². The van der Waals surface area contributed by atoms with Gasteiger partial charge in [0.25, 0.3) is 0 Å². The van der Waals surface area contributed by atoms with Crippen LogP contribution in [0.1, 0.15) is 96.8 Å². The molecule has 0 rings (SSSR count). The predicted octanol–water partition coefficient (Wildman–Crippen LogP) is 4.84. The summed E-state index contributed by atoms with van der Waals surface area (Å²) in [7, 11) is -4.26. The summed E-state index contributed by atoms with van der Waals surface area (Å²) in [4.78, 5) is 17.1. The Balaban J connectivity index is -0.00000242. The summed E-state index contributed by atoms with van der Waals surface area (Å²) in [6, 6.07) is 0. The molecule has 4 nitrogen and oxygen atoms in total. The second-order valence-corrected chi connectivity index (χ2v) is 7.50. The third kappa shape index (κ3) is 30.8. The second kappa shape index (κ2) is 23.9. The number of hydrogen-bond acceptors (Lipinski definition) is 2. The molecule has 0 saturated heterocycles. The molecule has 0 spiro atoms. The summed E-state index contributed by atoms with van der Waals surface area (Å²) in [6.07, 6.45) is 21.7. The van der Waals surface area contributed by atoms with E-state index in [1.165, 1.54) is 70.6 Å². The minimum atomic E-state index is -4.26. The molecule has 0 unspecified atom stereocenters. The first-order chi connectivity index (χ1) is 11.1. The van der Waals surface area contributed by atoms with Crippen molar-refractivity contribution in [1.82, 2.24) is 0 Å². The first-order valence-electron chi connectivity index (χ1n) is 9.41. The zero-order chi connectivity index (χ0) is 17.2. The van der Waals surface area contributed by atoms with E-state index in [-0.39, 0.29) is 65.7 Å². The monoisotopic (exact) mass is 396 g/mol. The molecule has 0 amide bonds. The van der Waals surface area contributed by atoms with Crippen molar-refractivity contribution in [2.24, 2.45) is 0 Å². The van der Waals surface area contributed by atoms with E-state index in [9.17, 15) is 4.57 Å². The quantitative estimate of drug-likeness (QED) is 0.160. The molecular formula is C18H39Na2O4P. The number of phosphoric ester groups is 1. The van der Waals surface area contributed by atoms with E-state index < -0.39 is 7.82 Å². The molecule has 25 heavy (non-hydrogen) atoms. The Labute approximate surface area is 199 Å². The minimum absolute atomic E-state index is 0. The maximum absolute atomic E-state index is 10.5. The Bertz CT molecular complexity index is 322. The summed E-state index contributed by atoms with van der Waals surface area (Å²) < 4.78 is 14.9. The van der Waals surface area contributed by atoms with Gasteiger partial charge in [-0.3, -0.25) is 4.52 Å². The van der Waals surface area contributed by atoms with Gasteiger partial charge in [0.15, 0.2) is 0 Å². The molecular weight excluding hydrogens is 357 g/mol. The summed E-state index contributed by atoms with van der Waals surface area (Å²) in [6.45, 7) is 2.41. The third-order valence-electron chi connectivity index (χ3n) is 3.92. The first kappa shape index (κ1) is 31.5. The number of hydrogen-bond donors (Lipinski definition) is 2. The van der Waals surface area contributed by atoms with Gasteiger partial charge in [-0.2, -0.15) is 0 Å². The van der Waals surface area contributed by atoms with Crippen LogP contribution in [0.25, 0.3) is 0 Å². The van der Waals surface area contributed by atoms with Crippen molar-refractivity contribution in [1.29, 1.82) is 0 Å². The van der Waals surface area contributed by atoms with Crippen LogP contribution in [0.15, 0.2) is 12.2 Å². The molecule has 0 heterocycles. The molecule has 0 aliphatic carbocycles. The molecule has 0 aromatic carbocycles. The summed E-state index contributed by atoms with van der Waals surface area (Å²) >= 11 is 0. The molecule has 0 aliphatic heterocycles. The van der Waals surface area contributed by atoms with Crippen LogP contribution in [0, 0.1) is 0 Å². The van der Waals surface area contributed by atoms with E-state index in [2.05, 4.69) is 23.6 Å². The topological polar surface area (TPSA) is 66.8 Å². The predicted molar refractivity (Wildman–Crippen MR) is 112 cm³/mol. The molecule has 7 heteroatoms. The van der Waals surface area contributed by atoms with Crippen LogP contribution in [-0.4, -0.2) is 75.5 Å². The Morgan fingerprint density at radius 1 is 0.720 bits per heavy atom. The van der Waals surface area contributed by atoms with Crippen LogP contribution in [-0.2, 0) is 9.09 Å². The summed E-state index contributed by atoms with van der Waals surface area (Å²) in [5.41, 5.74) is 0. The molecule has 2 N–H and O–H groups in total. The van der Waals surface area contributed by atoms with Gasteiger partial charge in [0.1, 0.15) is 0 Å². The fraction of sp³-hybridized carbons (Fsp3) is 0.889. The maximum atomic E-state index is 10.5. The van der Waals surface area contributed by atoms with Crippen molar-refractivity contribution < 1.29 is 18.9 Å². The Kier molecular flexibility index (Phi) is 30.1. The van der Waals surface area contributed by atoms with Gasteiger partial charge in [0, 0.05) is 0 Å². The van der Waals surface area contributed by atoms with Gasteiger partial charge in [-0.05, 0) is 32.1 Å². The van der Waals surface area contributed by atoms with Crippen LogP contribution in [0.3, 0.4) is 0 Å². The van der Waals surface area contributed by atoms with Crippen LogP contribution in [0.4, 0.5) is 0 Å². The van der Waals surface area contributed by atoms with Crippen molar-refractivity contribution in [3.05, 3.63) is 12.2 Å². The second-order valence-electron chi connectivity index (χ2n) is 6.26. The van der Waals surface area contributed by atoms with E-state index in [0.29, 0.717) is 0 Å². The van der Waals surface area contributed by atoms with E-state index >= 15 is 0 Å². The third-order valence-corrected chi connectivity index (χ3v) is 4.43. The molecule has 0 saturated carbocycles. The molecule has 0 bridgehead atoms. The molecule has 0 aromatic heterocycles. The van der Waals surface area contributed by atoms with Crippen LogP contribution >= 0.6 is 7.82 Å². The van der Waals surface area contributed by atoms with Crippen molar-refractivity contribution in [2.75, 3.05) is 6.61 Å². The van der Waals surface area contributed by atoms with Gasteiger partial charge < -0.3 is 9.79 Å². The van der Waals surface area contributed by atoms with Crippen LogP contribution in [0.2, 0.25) is 0 Å². The standard InChI is InChI=1S/C18H37O4P.2Na.2H/c1-2-3-4-5-6-7-8-9-10-11-12-13-14-15-16-17-18-22-23(19,20)21;;;;/h9-10H,2-8,11-18H2,1H3,(H2,19,20,21);;;;/b10-9-;;;;. The Morgan fingerprint density at radius 3 is 1.56 bits per heavy atom. The van der Waals surface area contributed by atoms with E-state index in [1.807, 2.05) is 0 Å². The fourth-order valence-electron chi connectivity index (χ4n) is 2.53. The molecule has 0 radical (unpaired) electrons. The number of phosphoric acid groups is 1. The Hall–Kier alpha value is 1.85. The van der Waals surface area contributed by atoms with Crippen LogP contribution in [0.5, 0.6) is 0 Å². The summed E-state index contributed by atoms with van der Waals surface area (Å²) in [5.74, 6) is 0. The average Bonchev–Trinajstić information content (AvgIpc) is 2.49. The van der Waals surface area contributed by atoms with Crippen molar-refractivity contribution in [3.63, 3.8) is 0 Å². The van der Waals surface area contributed by atoms with Gasteiger partial charge in [0.05, 0.1) is 6.61 Å². The SMILES string of the molecule is CCCCCCCC/C=C\CCCCCCCCOP(=O)(O)O.[NaH].[NaH]. The first-order valence-corrected chi connectivity index (χ1v) is 10.9. The average molecular weight is 396 g/mol. The number of allylic oxidation sites excluding steroid dienone is 2. The van der Waals surface area contributed by atoms with Crippen molar-refractivity contribution >= 4 is 66.9 Å². The number of rotatable bonds is 17. The number of unbranched alkanes of at least 4 members (excludes halogenated alkanes) is 12. The summed E-state index contributed by atoms with van der Waals surface area (Å²) in [5, 5.41) is 0. The van der Waals surface area contributed by atoms with Gasteiger partial charge in [-0.1, -0.05) is 76.9 Å². The molecule has 0 fully saturated rings. The van der Waals surface area contributed by atoms with E-state index in [1.54, 1.807) is 0 Å². The normalized spacial score (nSPS) is 11.3. The molecule has 142 valence electrons. The van der Waals surface area contributed by atoms with Crippen molar-refractivity contribution in [2.45, 2.75) is 96.8 Å². The van der Waals surface area contributed by atoms with Gasteiger partial charge in [-0.15, -0.1) is 0 Å². The molecule has 0 atom stereocenters. The Morgan fingerprint density at radius 2 is 1.12 bits per heavy atom. The van der Waals surface area contributed by atoms with Gasteiger partial charge >= 0.3 is 66.9 Å². The fourth-order valence-corrected chi connectivity index (χ4v) is 2.90. The van der Waals surface area contributed by atoms with Gasteiger partial charge in [-0.25, -0.2) is 4.57 Å².